The summed E-state index contributed by atoms with van der Waals surface area (Å²) < 4.78 is 19.3. The van der Waals surface area contributed by atoms with Gasteiger partial charge in [-0.25, -0.2) is 4.39 Å². The first-order valence-electron chi connectivity index (χ1n) is 5.83. The Bertz CT molecular complexity index is 710. The van der Waals surface area contributed by atoms with E-state index in [1.54, 1.807) is 12.1 Å². The number of halogens is 2. The van der Waals surface area contributed by atoms with Crippen LogP contribution in [-0.2, 0) is 0 Å². The van der Waals surface area contributed by atoms with Crippen molar-refractivity contribution in [1.82, 2.24) is 10.2 Å². The van der Waals surface area contributed by atoms with E-state index in [1.165, 1.54) is 12.1 Å². The Morgan fingerprint density at radius 2 is 1.65 bits per heavy atom. The predicted octanol–water partition coefficient (Wildman–Crippen LogP) is 4.38. The second-order valence-corrected chi connectivity index (χ2v) is 4.97. The van der Waals surface area contributed by atoms with E-state index in [0.717, 1.165) is 10.0 Å². The maximum atomic E-state index is 12.8. The number of anilines is 2. The molecule has 20 heavy (non-hydrogen) atoms. The second-order valence-electron chi connectivity index (χ2n) is 4.05. The van der Waals surface area contributed by atoms with Gasteiger partial charge >= 0.3 is 6.01 Å². The maximum Gasteiger partial charge on any atom is 0.320 e. The summed E-state index contributed by atoms with van der Waals surface area (Å²) in [7, 11) is 0. The Morgan fingerprint density at radius 1 is 0.950 bits per heavy atom. The van der Waals surface area contributed by atoms with Crippen LogP contribution >= 0.6 is 15.9 Å². The van der Waals surface area contributed by atoms with E-state index >= 15 is 0 Å². The van der Waals surface area contributed by atoms with E-state index in [0.29, 0.717) is 11.6 Å². The van der Waals surface area contributed by atoms with Crippen molar-refractivity contribution in [3.63, 3.8) is 0 Å². The molecule has 2 aromatic carbocycles. The topological polar surface area (TPSA) is 51.0 Å². The van der Waals surface area contributed by atoms with E-state index in [-0.39, 0.29) is 11.8 Å². The van der Waals surface area contributed by atoms with E-state index in [4.69, 9.17) is 4.42 Å². The summed E-state index contributed by atoms with van der Waals surface area (Å²) >= 11 is 3.36. The number of aromatic nitrogens is 2. The number of nitrogens with one attached hydrogen (secondary N) is 1. The molecule has 1 heterocycles. The first-order chi connectivity index (χ1) is 9.70. The van der Waals surface area contributed by atoms with Gasteiger partial charge in [0.05, 0.1) is 0 Å². The summed E-state index contributed by atoms with van der Waals surface area (Å²) in [4.78, 5) is 0. The zero-order valence-electron chi connectivity index (χ0n) is 10.2. The summed E-state index contributed by atoms with van der Waals surface area (Å²) in [5, 5.41) is 10.8. The molecule has 100 valence electrons. The Labute approximate surface area is 122 Å². The predicted molar refractivity (Wildman–Crippen MR) is 77.1 cm³/mol. The molecule has 0 saturated carbocycles. The van der Waals surface area contributed by atoms with E-state index in [1.807, 2.05) is 24.3 Å². The average molecular weight is 334 g/mol. The van der Waals surface area contributed by atoms with Crippen molar-refractivity contribution in [3.05, 3.63) is 58.8 Å². The lowest BCUT2D eigenvalue weighted by Gasteiger charge is -2.00. The molecule has 0 saturated heterocycles. The highest BCUT2D eigenvalue weighted by Crippen LogP contribution is 2.23. The van der Waals surface area contributed by atoms with Gasteiger partial charge in [0.15, 0.2) is 0 Å². The number of hydrogen-bond donors (Lipinski definition) is 1. The monoisotopic (exact) mass is 333 g/mol. The van der Waals surface area contributed by atoms with Crippen molar-refractivity contribution in [2.24, 2.45) is 0 Å². The highest BCUT2D eigenvalue weighted by Gasteiger charge is 2.08. The molecular formula is C14H9BrFN3O. The Kier molecular flexibility index (Phi) is 3.47. The van der Waals surface area contributed by atoms with Gasteiger partial charge in [0.25, 0.3) is 0 Å². The molecule has 0 aliphatic rings. The van der Waals surface area contributed by atoms with Crippen molar-refractivity contribution in [2.75, 3.05) is 5.32 Å². The molecule has 0 unspecified atom stereocenters. The molecule has 0 atom stereocenters. The average Bonchev–Trinajstić information content (AvgIpc) is 2.91. The number of rotatable bonds is 3. The van der Waals surface area contributed by atoms with Gasteiger partial charge in [-0.1, -0.05) is 21.0 Å². The molecule has 6 heteroatoms. The number of benzene rings is 2. The minimum Gasteiger partial charge on any atom is -0.403 e. The maximum absolute atomic E-state index is 12.8. The molecule has 1 N–H and O–H groups in total. The molecule has 0 spiro atoms. The van der Waals surface area contributed by atoms with E-state index in [9.17, 15) is 4.39 Å². The summed E-state index contributed by atoms with van der Waals surface area (Å²) in [5.74, 6) is 0.124. The molecule has 0 bridgehead atoms. The number of hydrogen-bond acceptors (Lipinski definition) is 4. The quantitative estimate of drug-likeness (QED) is 0.772. The molecule has 3 aromatic rings. The van der Waals surface area contributed by atoms with Gasteiger partial charge in [-0.2, -0.15) is 0 Å². The molecular weight excluding hydrogens is 325 g/mol. The second kappa shape index (κ2) is 5.42. The SMILES string of the molecule is Fc1ccc(Nc2nnc(-c3ccc(Br)cc3)o2)cc1. The molecule has 0 aliphatic carbocycles. The molecule has 0 amide bonds. The lowest BCUT2D eigenvalue weighted by molar-refractivity contribution is 0.587. The van der Waals surface area contributed by atoms with Crippen LogP contribution in [0.4, 0.5) is 16.1 Å². The molecule has 0 aliphatic heterocycles. The zero-order chi connectivity index (χ0) is 13.9. The van der Waals surface area contributed by atoms with E-state index < -0.39 is 0 Å². The van der Waals surface area contributed by atoms with Gasteiger partial charge in [-0.05, 0) is 48.5 Å². The minimum atomic E-state index is -0.295. The van der Waals surface area contributed by atoms with Crippen molar-refractivity contribution >= 4 is 27.6 Å². The lowest BCUT2D eigenvalue weighted by atomic mass is 10.2. The third-order valence-electron chi connectivity index (χ3n) is 2.61. The molecule has 0 radical (unpaired) electrons. The Balaban J connectivity index is 1.80. The van der Waals surface area contributed by atoms with Crippen molar-refractivity contribution in [1.29, 1.82) is 0 Å². The molecule has 1 aromatic heterocycles. The van der Waals surface area contributed by atoms with Crippen molar-refractivity contribution in [3.8, 4) is 11.5 Å². The smallest absolute Gasteiger partial charge is 0.320 e. The normalized spacial score (nSPS) is 10.5. The van der Waals surface area contributed by atoms with Gasteiger partial charge < -0.3 is 9.73 Å². The Morgan fingerprint density at radius 3 is 2.35 bits per heavy atom. The Hall–Kier alpha value is -2.21. The lowest BCUT2D eigenvalue weighted by Crippen LogP contribution is -1.90. The van der Waals surface area contributed by atoms with Crippen LogP contribution in [0.1, 0.15) is 0 Å². The van der Waals surface area contributed by atoms with Gasteiger partial charge in [0.2, 0.25) is 5.89 Å². The summed E-state index contributed by atoms with van der Waals surface area (Å²) in [6, 6.07) is 13.7. The number of nitrogens with zero attached hydrogens (tertiary/aromatic N) is 2. The fraction of sp³-hybridized carbons (Fsp3) is 0. The largest absolute Gasteiger partial charge is 0.403 e. The first kappa shape index (κ1) is 12.8. The molecule has 4 nitrogen and oxygen atoms in total. The van der Waals surface area contributed by atoms with Crippen LogP contribution in [0, 0.1) is 5.82 Å². The highest BCUT2D eigenvalue weighted by molar-refractivity contribution is 9.10. The first-order valence-corrected chi connectivity index (χ1v) is 6.62. The van der Waals surface area contributed by atoms with Crippen LogP contribution in [0.15, 0.2) is 57.4 Å². The summed E-state index contributed by atoms with van der Waals surface area (Å²) in [6.07, 6.45) is 0. The van der Waals surface area contributed by atoms with Crippen LogP contribution < -0.4 is 5.32 Å². The fourth-order valence-electron chi connectivity index (χ4n) is 1.64. The van der Waals surface area contributed by atoms with Gasteiger partial charge in [0.1, 0.15) is 5.82 Å². The third kappa shape index (κ3) is 2.85. The van der Waals surface area contributed by atoms with Crippen LogP contribution in [0.3, 0.4) is 0 Å². The van der Waals surface area contributed by atoms with Gasteiger partial charge in [-0.15, -0.1) is 5.10 Å². The molecule has 3 rings (SSSR count). The standard InChI is InChI=1S/C14H9BrFN3O/c15-10-3-1-9(2-4-10)13-18-19-14(20-13)17-12-7-5-11(16)6-8-12/h1-8H,(H,17,19). The van der Waals surface area contributed by atoms with Crippen molar-refractivity contribution < 1.29 is 8.81 Å². The minimum absolute atomic E-state index is 0.259. The van der Waals surface area contributed by atoms with Crippen LogP contribution in [-0.4, -0.2) is 10.2 Å². The van der Waals surface area contributed by atoms with Gasteiger partial charge in [-0.3, -0.25) is 0 Å². The third-order valence-corrected chi connectivity index (χ3v) is 3.14. The van der Waals surface area contributed by atoms with E-state index in [2.05, 4.69) is 31.4 Å². The zero-order valence-corrected chi connectivity index (χ0v) is 11.8. The summed E-state index contributed by atoms with van der Waals surface area (Å²) in [5.41, 5.74) is 1.50. The van der Waals surface area contributed by atoms with Crippen molar-refractivity contribution in [2.45, 2.75) is 0 Å². The van der Waals surface area contributed by atoms with Crippen LogP contribution in [0.5, 0.6) is 0 Å². The van der Waals surface area contributed by atoms with Gasteiger partial charge in [0, 0.05) is 15.7 Å². The fourth-order valence-corrected chi connectivity index (χ4v) is 1.90. The van der Waals surface area contributed by atoms with Crippen LogP contribution in [0.2, 0.25) is 0 Å². The highest BCUT2D eigenvalue weighted by atomic mass is 79.9. The van der Waals surface area contributed by atoms with Crippen LogP contribution in [0.25, 0.3) is 11.5 Å². The molecule has 0 fully saturated rings. The summed E-state index contributed by atoms with van der Waals surface area (Å²) in [6.45, 7) is 0.